The highest BCUT2D eigenvalue weighted by Gasteiger charge is 2.38. The Balaban J connectivity index is 2.69. The minimum Gasteiger partial charge on any atom is -0.463 e. The highest BCUT2D eigenvalue weighted by molar-refractivity contribution is 6.31. The normalized spacial score (nSPS) is 15.0. The van der Waals surface area contributed by atoms with E-state index in [-0.39, 0.29) is 29.4 Å². The standard InChI is InChI=1S/C19H21ClFNO4/c1-5-25-18(23)15-10(3)22-11(4)16(19(24)26-6-2)17(15)13-8-7-12(21)9-14(13)20/h7-9,17,22H,5-6H2,1-4H3. The summed E-state index contributed by atoms with van der Waals surface area (Å²) in [6.45, 7) is 7.16. The predicted molar refractivity (Wildman–Crippen MR) is 96.0 cm³/mol. The van der Waals surface area contributed by atoms with E-state index in [1.165, 1.54) is 12.1 Å². The molecule has 0 bridgehead atoms. The van der Waals surface area contributed by atoms with Crippen molar-refractivity contribution >= 4 is 23.5 Å². The van der Waals surface area contributed by atoms with Gasteiger partial charge in [0.15, 0.2) is 0 Å². The molecular formula is C19H21ClFNO4. The molecule has 1 N–H and O–H groups in total. The van der Waals surface area contributed by atoms with Crippen LogP contribution >= 0.6 is 11.6 Å². The van der Waals surface area contributed by atoms with Crippen LogP contribution in [-0.4, -0.2) is 25.2 Å². The van der Waals surface area contributed by atoms with Gasteiger partial charge in [-0.1, -0.05) is 17.7 Å². The fraction of sp³-hybridized carbons (Fsp3) is 0.368. The molecular weight excluding hydrogens is 361 g/mol. The van der Waals surface area contributed by atoms with Crippen LogP contribution in [0.15, 0.2) is 40.7 Å². The van der Waals surface area contributed by atoms with Gasteiger partial charge in [-0.2, -0.15) is 0 Å². The first kappa shape index (κ1) is 20.0. The Bertz CT molecular complexity index is 761. The van der Waals surface area contributed by atoms with Crippen molar-refractivity contribution in [2.24, 2.45) is 0 Å². The first-order valence-corrected chi connectivity index (χ1v) is 8.67. The number of esters is 2. The van der Waals surface area contributed by atoms with Gasteiger partial charge in [0.2, 0.25) is 0 Å². The molecule has 5 nitrogen and oxygen atoms in total. The Morgan fingerprint density at radius 3 is 2.00 bits per heavy atom. The van der Waals surface area contributed by atoms with Crippen LogP contribution in [0.25, 0.3) is 0 Å². The highest BCUT2D eigenvalue weighted by Crippen LogP contribution is 2.41. The average Bonchev–Trinajstić information content (AvgIpc) is 2.54. The van der Waals surface area contributed by atoms with Crippen molar-refractivity contribution in [3.05, 3.63) is 57.1 Å². The van der Waals surface area contributed by atoms with E-state index in [1.807, 2.05) is 0 Å². The first-order chi connectivity index (χ1) is 12.3. The lowest BCUT2D eigenvalue weighted by atomic mass is 9.80. The number of benzene rings is 1. The molecule has 26 heavy (non-hydrogen) atoms. The number of hydrogen-bond donors (Lipinski definition) is 1. The number of carbonyl (C=O) groups excluding carboxylic acids is 2. The fourth-order valence-corrected chi connectivity index (χ4v) is 3.28. The van der Waals surface area contributed by atoms with Crippen molar-refractivity contribution < 1.29 is 23.5 Å². The summed E-state index contributed by atoms with van der Waals surface area (Å²) < 4.78 is 23.8. The second kappa shape index (κ2) is 8.36. The Kier molecular flexibility index (Phi) is 6.42. The van der Waals surface area contributed by atoms with Crippen molar-refractivity contribution in [2.45, 2.75) is 33.6 Å². The van der Waals surface area contributed by atoms with Gasteiger partial charge >= 0.3 is 11.9 Å². The van der Waals surface area contributed by atoms with E-state index in [0.717, 1.165) is 6.07 Å². The third kappa shape index (κ3) is 3.90. The third-order valence-corrected chi connectivity index (χ3v) is 4.35. The zero-order chi connectivity index (χ0) is 19.4. The molecule has 2 rings (SSSR count). The smallest absolute Gasteiger partial charge is 0.336 e. The molecule has 0 saturated carbocycles. The maximum Gasteiger partial charge on any atom is 0.336 e. The van der Waals surface area contributed by atoms with Gasteiger partial charge in [-0.25, -0.2) is 14.0 Å². The van der Waals surface area contributed by atoms with Crippen LogP contribution in [0.1, 0.15) is 39.2 Å². The van der Waals surface area contributed by atoms with E-state index in [2.05, 4.69) is 5.32 Å². The van der Waals surface area contributed by atoms with Crippen LogP contribution in [0.3, 0.4) is 0 Å². The van der Waals surface area contributed by atoms with E-state index >= 15 is 0 Å². The van der Waals surface area contributed by atoms with E-state index in [1.54, 1.807) is 27.7 Å². The summed E-state index contributed by atoms with van der Waals surface area (Å²) in [4.78, 5) is 25.2. The summed E-state index contributed by atoms with van der Waals surface area (Å²) >= 11 is 6.24. The monoisotopic (exact) mass is 381 g/mol. The average molecular weight is 382 g/mol. The molecule has 0 unspecified atom stereocenters. The van der Waals surface area contributed by atoms with Crippen molar-refractivity contribution in [2.75, 3.05) is 13.2 Å². The van der Waals surface area contributed by atoms with E-state index in [4.69, 9.17) is 21.1 Å². The van der Waals surface area contributed by atoms with Gasteiger partial charge < -0.3 is 14.8 Å². The number of allylic oxidation sites excluding steroid dienone is 2. The summed E-state index contributed by atoms with van der Waals surface area (Å²) in [5.74, 6) is -2.47. The first-order valence-electron chi connectivity index (χ1n) is 8.29. The highest BCUT2D eigenvalue weighted by atomic mass is 35.5. The Hall–Kier alpha value is -2.34. The van der Waals surface area contributed by atoms with Gasteiger partial charge in [0.1, 0.15) is 5.82 Å². The van der Waals surface area contributed by atoms with Gasteiger partial charge in [0.25, 0.3) is 0 Å². The summed E-state index contributed by atoms with van der Waals surface area (Å²) in [7, 11) is 0. The van der Waals surface area contributed by atoms with E-state index in [9.17, 15) is 14.0 Å². The van der Waals surface area contributed by atoms with Crippen molar-refractivity contribution in [1.82, 2.24) is 5.32 Å². The van der Waals surface area contributed by atoms with Crippen molar-refractivity contribution in [3.63, 3.8) is 0 Å². The van der Waals surface area contributed by atoms with Gasteiger partial charge in [-0.15, -0.1) is 0 Å². The lowest BCUT2D eigenvalue weighted by Crippen LogP contribution is -2.32. The van der Waals surface area contributed by atoms with Crippen LogP contribution in [0.5, 0.6) is 0 Å². The molecule has 0 aliphatic carbocycles. The number of hydrogen-bond acceptors (Lipinski definition) is 5. The second-order valence-corrected chi connectivity index (χ2v) is 6.15. The number of rotatable bonds is 5. The molecule has 0 atom stereocenters. The molecule has 0 spiro atoms. The van der Waals surface area contributed by atoms with Crippen molar-refractivity contribution in [3.8, 4) is 0 Å². The molecule has 1 heterocycles. The molecule has 0 radical (unpaired) electrons. The molecule has 0 saturated heterocycles. The third-order valence-electron chi connectivity index (χ3n) is 4.02. The van der Waals surface area contributed by atoms with Crippen LogP contribution < -0.4 is 5.32 Å². The summed E-state index contributed by atoms with van der Waals surface area (Å²) in [5.41, 5.74) is 2.00. The summed E-state index contributed by atoms with van der Waals surface area (Å²) in [6, 6.07) is 3.85. The SMILES string of the molecule is CCOC(=O)C1=C(C)NC(C)=C(C(=O)OCC)C1c1ccc(F)cc1Cl. The number of carbonyl (C=O) groups is 2. The molecule has 1 aliphatic rings. The molecule has 0 amide bonds. The molecule has 140 valence electrons. The molecule has 0 fully saturated rings. The van der Waals surface area contributed by atoms with E-state index in [0.29, 0.717) is 17.0 Å². The zero-order valence-corrected chi connectivity index (χ0v) is 15.9. The molecule has 1 aromatic rings. The topological polar surface area (TPSA) is 64.6 Å². The fourth-order valence-electron chi connectivity index (χ4n) is 3.00. The van der Waals surface area contributed by atoms with Gasteiger partial charge in [0.05, 0.1) is 30.3 Å². The van der Waals surface area contributed by atoms with Gasteiger partial charge in [0, 0.05) is 16.4 Å². The number of dihydropyridines is 1. The second-order valence-electron chi connectivity index (χ2n) is 5.74. The Morgan fingerprint density at radius 1 is 1.08 bits per heavy atom. The minimum atomic E-state index is -0.817. The maximum absolute atomic E-state index is 13.5. The van der Waals surface area contributed by atoms with Crippen LogP contribution in [-0.2, 0) is 19.1 Å². The van der Waals surface area contributed by atoms with Crippen LogP contribution in [0, 0.1) is 5.82 Å². The number of nitrogens with one attached hydrogen (secondary N) is 1. The molecule has 7 heteroatoms. The quantitative estimate of drug-likeness (QED) is 0.785. The number of halogens is 2. The Labute approximate surface area is 156 Å². The molecule has 0 aromatic heterocycles. The summed E-state index contributed by atoms with van der Waals surface area (Å²) in [5, 5.41) is 3.14. The lowest BCUT2D eigenvalue weighted by molar-refractivity contribution is -0.139. The molecule has 1 aliphatic heterocycles. The van der Waals surface area contributed by atoms with Gasteiger partial charge in [-0.05, 0) is 45.4 Å². The van der Waals surface area contributed by atoms with E-state index < -0.39 is 23.7 Å². The van der Waals surface area contributed by atoms with Crippen molar-refractivity contribution in [1.29, 1.82) is 0 Å². The largest absolute Gasteiger partial charge is 0.463 e. The lowest BCUT2D eigenvalue weighted by Gasteiger charge is -2.30. The predicted octanol–water partition coefficient (Wildman–Crippen LogP) is 3.84. The maximum atomic E-state index is 13.5. The number of ether oxygens (including phenoxy) is 2. The van der Waals surface area contributed by atoms with Crippen LogP contribution in [0.4, 0.5) is 4.39 Å². The van der Waals surface area contributed by atoms with Gasteiger partial charge in [-0.3, -0.25) is 0 Å². The summed E-state index contributed by atoms with van der Waals surface area (Å²) in [6.07, 6.45) is 0. The molecule has 1 aromatic carbocycles. The Morgan fingerprint density at radius 2 is 1.58 bits per heavy atom. The minimum absolute atomic E-state index is 0.112. The zero-order valence-electron chi connectivity index (χ0n) is 15.1. The van der Waals surface area contributed by atoms with Crippen LogP contribution in [0.2, 0.25) is 5.02 Å².